The average Bonchev–Trinajstić information content (AvgIpc) is 2.59. The molecule has 0 aliphatic carbocycles. The number of anilines is 1. The normalized spacial score (nSPS) is 21.6. The molecule has 23 heavy (non-hydrogen) atoms. The highest BCUT2D eigenvalue weighted by atomic mass is 15.2. The maximum atomic E-state index is 9.17. The largest absolute Gasteiger partial charge is 0.366 e. The summed E-state index contributed by atoms with van der Waals surface area (Å²) in [6.45, 7) is 5.18. The Labute approximate surface area is 137 Å². The van der Waals surface area contributed by atoms with Gasteiger partial charge in [-0.3, -0.25) is 9.88 Å². The third-order valence-electron chi connectivity index (χ3n) is 4.35. The number of rotatable bonds is 4. The predicted molar refractivity (Wildman–Crippen MR) is 89.7 cm³/mol. The molecule has 1 N–H and O–H groups in total. The first kappa shape index (κ1) is 15.4. The van der Waals surface area contributed by atoms with Gasteiger partial charge in [-0.15, -0.1) is 0 Å². The topological polar surface area (TPSA) is 64.8 Å². The minimum atomic E-state index is 0.344. The molecule has 1 aliphatic heterocycles. The van der Waals surface area contributed by atoms with Crippen molar-refractivity contribution >= 4 is 5.82 Å². The molecule has 0 spiro atoms. The van der Waals surface area contributed by atoms with Gasteiger partial charge in [0.25, 0.3) is 0 Å². The van der Waals surface area contributed by atoms with Crippen molar-refractivity contribution in [3.05, 3.63) is 54.0 Å². The van der Waals surface area contributed by atoms with E-state index in [0.29, 0.717) is 23.3 Å². The Morgan fingerprint density at radius 3 is 2.87 bits per heavy atom. The highest BCUT2D eigenvalue weighted by Gasteiger charge is 2.26. The van der Waals surface area contributed by atoms with Crippen LogP contribution in [0.15, 0.2) is 42.7 Å². The Morgan fingerprint density at radius 2 is 2.13 bits per heavy atom. The monoisotopic (exact) mass is 307 g/mol. The quantitative estimate of drug-likeness (QED) is 0.941. The first-order valence-electron chi connectivity index (χ1n) is 8.00. The lowest BCUT2D eigenvalue weighted by Gasteiger charge is -2.37. The summed E-state index contributed by atoms with van der Waals surface area (Å²) in [6, 6.07) is 12.2. The molecule has 0 amide bonds. The van der Waals surface area contributed by atoms with E-state index in [1.807, 2.05) is 18.3 Å². The van der Waals surface area contributed by atoms with Gasteiger partial charge >= 0.3 is 0 Å². The van der Waals surface area contributed by atoms with E-state index in [2.05, 4.69) is 39.2 Å². The number of hydrogen-bond donors (Lipinski definition) is 1. The van der Waals surface area contributed by atoms with Crippen LogP contribution in [0.5, 0.6) is 0 Å². The van der Waals surface area contributed by atoms with E-state index in [-0.39, 0.29) is 0 Å². The summed E-state index contributed by atoms with van der Waals surface area (Å²) in [7, 11) is 0. The van der Waals surface area contributed by atoms with E-state index in [1.54, 1.807) is 18.3 Å². The maximum absolute atomic E-state index is 9.17. The molecule has 0 radical (unpaired) electrons. The van der Waals surface area contributed by atoms with E-state index in [4.69, 9.17) is 0 Å². The minimum absolute atomic E-state index is 0.344. The van der Waals surface area contributed by atoms with Crippen LogP contribution in [0, 0.1) is 17.2 Å². The van der Waals surface area contributed by atoms with Crippen molar-refractivity contribution in [1.29, 1.82) is 5.26 Å². The van der Waals surface area contributed by atoms with Gasteiger partial charge in [-0.05, 0) is 36.6 Å². The second-order valence-corrected chi connectivity index (χ2v) is 6.08. The van der Waals surface area contributed by atoms with Crippen molar-refractivity contribution in [2.24, 2.45) is 5.92 Å². The van der Waals surface area contributed by atoms with Gasteiger partial charge in [0, 0.05) is 38.1 Å². The third-order valence-corrected chi connectivity index (χ3v) is 4.35. The van der Waals surface area contributed by atoms with Gasteiger partial charge in [0.1, 0.15) is 11.9 Å². The first-order chi connectivity index (χ1) is 11.3. The van der Waals surface area contributed by atoms with Crippen LogP contribution < -0.4 is 5.32 Å². The number of hydrogen-bond acceptors (Lipinski definition) is 5. The molecule has 2 aromatic heterocycles. The highest BCUT2D eigenvalue weighted by Crippen LogP contribution is 2.22. The van der Waals surface area contributed by atoms with Crippen molar-refractivity contribution in [3.8, 4) is 6.07 Å². The van der Waals surface area contributed by atoms with E-state index in [1.165, 1.54) is 0 Å². The van der Waals surface area contributed by atoms with Crippen LogP contribution in [0.1, 0.15) is 24.6 Å². The summed E-state index contributed by atoms with van der Waals surface area (Å²) in [5.74, 6) is 1.19. The van der Waals surface area contributed by atoms with Crippen molar-refractivity contribution in [3.63, 3.8) is 0 Å². The summed E-state index contributed by atoms with van der Waals surface area (Å²) in [5.41, 5.74) is 1.72. The molecule has 2 aromatic rings. The average molecular weight is 307 g/mol. The standard InChI is InChI=1S/C18H21N5/c1-14-12-23(13-16-6-2-3-8-20-16)10-7-17(14)22-18-15(11-19)5-4-9-21-18/h2-6,8-9,14,17H,7,10,12-13H2,1H3,(H,21,22)/t14-,17+/m1/s1. The fourth-order valence-corrected chi connectivity index (χ4v) is 3.10. The molecule has 0 aromatic carbocycles. The Morgan fingerprint density at radius 1 is 1.26 bits per heavy atom. The predicted octanol–water partition coefficient (Wildman–Crippen LogP) is 2.67. The van der Waals surface area contributed by atoms with Crippen LogP contribution in [0.2, 0.25) is 0 Å². The summed E-state index contributed by atoms with van der Waals surface area (Å²) in [5, 5.41) is 12.6. The summed E-state index contributed by atoms with van der Waals surface area (Å²) < 4.78 is 0. The first-order valence-corrected chi connectivity index (χ1v) is 8.00. The smallest absolute Gasteiger partial charge is 0.144 e. The van der Waals surface area contributed by atoms with Crippen LogP contribution >= 0.6 is 0 Å². The lowest BCUT2D eigenvalue weighted by molar-refractivity contribution is 0.163. The summed E-state index contributed by atoms with van der Waals surface area (Å²) in [4.78, 5) is 11.2. The highest BCUT2D eigenvalue weighted by molar-refractivity contribution is 5.51. The molecule has 0 unspecified atom stereocenters. The zero-order chi connectivity index (χ0) is 16.1. The van der Waals surface area contributed by atoms with Crippen LogP contribution in [0.25, 0.3) is 0 Å². The number of nitriles is 1. The molecule has 5 nitrogen and oxygen atoms in total. The molecular weight excluding hydrogens is 286 g/mol. The lowest BCUT2D eigenvalue weighted by Crippen LogP contribution is -2.45. The zero-order valence-electron chi connectivity index (χ0n) is 13.3. The molecule has 3 rings (SSSR count). The molecule has 2 atom stereocenters. The number of piperidine rings is 1. The van der Waals surface area contributed by atoms with Crippen molar-refractivity contribution in [2.45, 2.75) is 25.9 Å². The van der Waals surface area contributed by atoms with Gasteiger partial charge in [0.15, 0.2) is 0 Å². The van der Waals surface area contributed by atoms with Gasteiger partial charge < -0.3 is 5.32 Å². The number of pyridine rings is 2. The molecule has 1 saturated heterocycles. The molecule has 1 aliphatic rings. The SMILES string of the molecule is C[C@@H]1CN(Cc2ccccn2)CC[C@@H]1Nc1ncccc1C#N. The van der Waals surface area contributed by atoms with E-state index >= 15 is 0 Å². The molecule has 0 bridgehead atoms. The van der Waals surface area contributed by atoms with E-state index < -0.39 is 0 Å². The van der Waals surface area contributed by atoms with Gasteiger partial charge in [0.2, 0.25) is 0 Å². The second-order valence-electron chi connectivity index (χ2n) is 6.08. The Balaban J connectivity index is 1.60. The third kappa shape index (κ3) is 3.85. The Kier molecular flexibility index (Phi) is 4.84. The number of nitrogens with one attached hydrogen (secondary N) is 1. The minimum Gasteiger partial charge on any atom is -0.366 e. The number of nitrogens with zero attached hydrogens (tertiary/aromatic N) is 4. The van der Waals surface area contributed by atoms with Crippen LogP contribution in [-0.2, 0) is 6.54 Å². The van der Waals surface area contributed by atoms with E-state index in [9.17, 15) is 5.26 Å². The molecule has 1 fully saturated rings. The van der Waals surface area contributed by atoms with Gasteiger partial charge in [0.05, 0.1) is 11.3 Å². The van der Waals surface area contributed by atoms with Crippen molar-refractivity contribution in [2.75, 3.05) is 18.4 Å². The van der Waals surface area contributed by atoms with Gasteiger partial charge in [-0.1, -0.05) is 13.0 Å². The molecule has 5 heteroatoms. The van der Waals surface area contributed by atoms with Gasteiger partial charge in [-0.2, -0.15) is 5.26 Å². The van der Waals surface area contributed by atoms with Crippen LogP contribution in [0.4, 0.5) is 5.82 Å². The van der Waals surface area contributed by atoms with Crippen molar-refractivity contribution < 1.29 is 0 Å². The summed E-state index contributed by atoms with van der Waals surface area (Å²) >= 11 is 0. The molecule has 0 saturated carbocycles. The number of aromatic nitrogens is 2. The lowest BCUT2D eigenvalue weighted by atomic mass is 9.93. The molecular formula is C18H21N5. The van der Waals surface area contributed by atoms with Crippen molar-refractivity contribution in [1.82, 2.24) is 14.9 Å². The number of likely N-dealkylation sites (tertiary alicyclic amines) is 1. The Hall–Kier alpha value is -2.45. The Bertz CT molecular complexity index is 679. The fourth-order valence-electron chi connectivity index (χ4n) is 3.10. The van der Waals surface area contributed by atoms with Crippen LogP contribution in [-0.4, -0.2) is 34.0 Å². The molecule has 118 valence electrons. The summed E-state index contributed by atoms with van der Waals surface area (Å²) in [6.07, 6.45) is 4.61. The van der Waals surface area contributed by atoms with E-state index in [0.717, 1.165) is 31.7 Å². The second kappa shape index (κ2) is 7.21. The molecule has 3 heterocycles. The van der Waals surface area contributed by atoms with Gasteiger partial charge in [-0.25, -0.2) is 4.98 Å². The zero-order valence-corrected chi connectivity index (χ0v) is 13.3. The van der Waals surface area contributed by atoms with Crippen LogP contribution in [0.3, 0.4) is 0 Å². The maximum Gasteiger partial charge on any atom is 0.144 e. The fraction of sp³-hybridized carbons (Fsp3) is 0.389.